The zero-order valence-corrected chi connectivity index (χ0v) is 13.8. The number of hydrogen-bond donors (Lipinski definition) is 1. The molecule has 2 heterocycles. The average molecular weight is 323 g/mol. The van der Waals surface area contributed by atoms with Crippen molar-refractivity contribution in [1.29, 1.82) is 0 Å². The van der Waals surface area contributed by atoms with Gasteiger partial charge in [-0.15, -0.1) is 0 Å². The van der Waals surface area contributed by atoms with Crippen molar-refractivity contribution < 1.29 is 9.18 Å². The number of rotatable bonds is 3. The monoisotopic (exact) mass is 323 g/mol. The molecule has 0 radical (unpaired) electrons. The summed E-state index contributed by atoms with van der Waals surface area (Å²) in [6.45, 7) is 5.51. The largest absolute Gasteiger partial charge is 0.315 e. The Morgan fingerprint density at radius 1 is 1.08 bits per heavy atom. The van der Waals surface area contributed by atoms with Crippen molar-refractivity contribution in [3.63, 3.8) is 0 Å². The number of aromatic nitrogens is 2. The fourth-order valence-corrected chi connectivity index (χ4v) is 2.79. The van der Waals surface area contributed by atoms with Crippen LogP contribution in [-0.4, -0.2) is 15.5 Å². The summed E-state index contributed by atoms with van der Waals surface area (Å²) >= 11 is 0. The van der Waals surface area contributed by atoms with Crippen molar-refractivity contribution >= 4 is 11.7 Å². The van der Waals surface area contributed by atoms with Crippen molar-refractivity contribution in [3.8, 4) is 5.69 Å². The zero-order chi connectivity index (χ0) is 17.3. The summed E-state index contributed by atoms with van der Waals surface area (Å²) in [5.41, 5.74) is 3.23. The van der Waals surface area contributed by atoms with E-state index >= 15 is 0 Å². The molecular formula is C19H18FN3O. The van der Waals surface area contributed by atoms with Gasteiger partial charge in [-0.05, 0) is 51.1 Å². The third-order valence-electron chi connectivity index (χ3n) is 3.90. The molecule has 24 heavy (non-hydrogen) atoms. The first-order valence-electron chi connectivity index (χ1n) is 7.66. The minimum absolute atomic E-state index is 0.260. The predicted molar refractivity (Wildman–Crippen MR) is 92.1 cm³/mol. The van der Waals surface area contributed by atoms with E-state index < -0.39 is 0 Å². The summed E-state index contributed by atoms with van der Waals surface area (Å²) in [4.78, 5) is 16.8. The number of carbonyl (C=O) groups excluding carboxylic acids is 1. The first-order valence-corrected chi connectivity index (χ1v) is 7.66. The van der Waals surface area contributed by atoms with Crippen LogP contribution in [0.25, 0.3) is 5.69 Å². The summed E-state index contributed by atoms with van der Waals surface area (Å²) in [6.07, 6.45) is 0. The van der Waals surface area contributed by atoms with E-state index in [1.165, 1.54) is 6.07 Å². The van der Waals surface area contributed by atoms with Crippen LogP contribution in [0.4, 0.5) is 10.2 Å². The fraction of sp³-hybridized carbons (Fsp3) is 0.158. The van der Waals surface area contributed by atoms with Gasteiger partial charge in [0.05, 0.1) is 11.3 Å². The van der Waals surface area contributed by atoms with E-state index in [-0.39, 0.29) is 11.7 Å². The zero-order valence-electron chi connectivity index (χ0n) is 13.8. The molecule has 0 saturated heterocycles. The fourth-order valence-electron chi connectivity index (χ4n) is 2.79. The highest BCUT2D eigenvalue weighted by Gasteiger charge is 2.18. The number of para-hydroxylation sites is 1. The molecule has 1 aromatic carbocycles. The molecule has 1 amide bonds. The Morgan fingerprint density at radius 2 is 1.83 bits per heavy atom. The van der Waals surface area contributed by atoms with Crippen LogP contribution in [0.2, 0.25) is 0 Å². The van der Waals surface area contributed by atoms with Crippen LogP contribution in [0.5, 0.6) is 0 Å². The highest BCUT2D eigenvalue weighted by atomic mass is 19.1. The number of halogens is 1. The number of pyridine rings is 1. The van der Waals surface area contributed by atoms with Crippen molar-refractivity contribution in [3.05, 3.63) is 77.0 Å². The Morgan fingerprint density at radius 3 is 2.54 bits per heavy atom. The van der Waals surface area contributed by atoms with Crippen molar-refractivity contribution in [2.45, 2.75) is 20.8 Å². The van der Waals surface area contributed by atoms with Crippen LogP contribution in [0.3, 0.4) is 0 Å². The van der Waals surface area contributed by atoms with E-state index in [0.29, 0.717) is 22.8 Å². The predicted octanol–water partition coefficient (Wildman–Crippen LogP) is 4.19. The molecule has 0 aliphatic heterocycles. The van der Waals surface area contributed by atoms with Crippen LogP contribution >= 0.6 is 0 Å². The van der Waals surface area contributed by atoms with E-state index in [1.807, 2.05) is 26.0 Å². The molecule has 0 aliphatic carbocycles. The number of benzene rings is 1. The minimum Gasteiger partial charge on any atom is -0.315 e. The SMILES string of the molecule is Cc1cccc(NC(=O)c2cc(C)n(-c3ccccc3F)c2C)n1. The number of anilines is 1. The van der Waals surface area contributed by atoms with Gasteiger partial charge in [-0.1, -0.05) is 18.2 Å². The van der Waals surface area contributed by atoms with E-state index in [1.54, 1.807) is 41.8 Å². The van der Waals surface area contributed by atoms with Crippen LogP contribution in [-0.2, 0) is 0 Å². The molecule has 0 saturated carbocycles. The van der Waals surface area contributed by atoms with Gasteiger partial charge in [-0.3, -0.25) is 4.79 Å². The van der Waals surface area contributed by atoms with Crippen LogP contribution in [0, 0.1) is 26.6 Å². The molecule has 0 fully saturated rings. The Kier molecular flexibility index (Phi) is 4.16. The lowest BCUT2D eigenvalue weighted by atomic mass is 10.2. The third-order valence-corrected chi connectivity index (χ3v) is 3.90. The smallest absolute Gasteiger partial charge is 0.258 e. The summed E-state index contributed by atoms with van der Waals surface area (Å²) in [6, 6.07) is 13.7. The average Bonchev–Trinajstić information content (AvgIpc) is 2.83. The van der Waals surface area contributed by atoms with Gasteiger partial charge >= 0.3 is 0 Å². The van der Waals surface area contributed by atoms with Crippen LogP contribution in [0.15, 0.2) is 48.5 Å². The molecule has 0 atom stereocenters. The van der Waals surface area contributed by atoms with Gasteiger partial charge in [0, 0.05) is 17.1 Å². The van der Waals surface area contributed by atoms with Crippen LogP contribution in [0.1, 0.15) is 27.4 Å². The second-order valence-corrected chi connectivity index (χ2v) is 5.69. The van der Waals surface area contributed by atoms with E-state index in [2.05, 4.69) is 10.3 Å². The van der Waals surface area contributed by atoms with Gasteiger partial charge < -0.3 is 9.88 Å². The topological polar surface area (TPSA) is 46.9 Å². The maximum Gasteiger partial charge on any atom is 0.258 e. The Balaban J connectivity index is 1.97. The lowest BCUT2D eigenvalue weighted by Crippen LogP contribution is -2.14. The van der Waals surface area contributed by atoms with Crippen LogP contribution < -0.4 is 5.32 Å². The number of nitrogens with one attached hydrogen (secondary N) is 1. The molecule has 0 unspecified atom stereocenters. The maximum absolute atomic E-state index is 14.1. The number of amides is 1. The number of hydrogen-bond acceptors (Lipinski definition) is 2. The second-order valence-electron chi connectivity index (χ2n) is 5.69. The van der Waals surface area contributed by atoms with E-state index in [9.17, 15) is 9.18 Å². The van der Waals surface area contributed by atoms with Gasteiger partial charge in [-0.25, -0.2) is 9.37 Å². The van der Waals surface area contributed by atoms with E-state index in [4.69, 9.17) is 0 Å². The number of carbonyl (C=O) groups is 1. The Hall–Kier alpha value is -2.95. The van der Waals surface area contributed by atoms with Gasteiger partial charge in [0.25, 0.3) is 5.91 Å². The van der Waals surface area contributed by atoms with Crippen molar-refractivity contribution in [2.75, 3.05) is 5.32 Å². The third kappa shape index (κ3) is 2.93. The molecule has 122 valence electrons. The van der Waals surface area contributed by atoms with Crippen molar-refractivity contribution in [1.82, 2.24) is 9.55 Å². The lowest BCUT2D eigenvalue weighted by molar-refractivity contribution is 0.102. The van der Waals surface area contributed by atoms with E-state index in [0.717, 1.165) is 11.4 Å². The molecule has 1 N–H and O–H groups in total. The molecule has 4 nitrogen and oxygen atoms in total. The highest BCUT2D eigenvalue weighted by Crippen LogP contribution is 2.23. The second kappa shape index (κ2) is 6.28. The normalized spacial score (nSPS) is 10.7. The minimum atomic E-state index is -0.327. The molecule has 3 rings (SSSR count). The summed E-state index contributed by atoms with van der Waals surface area (Å²) in [7, 11) is 0. The van der Waals surface area contributed by atoms with Gasteiger partial charge in [0.1, 0.15) is 11.6 Å². The summed E-state index contributed by atoms with van der Waals surface area (Å²) in [5.74, 6) is -0.0916. The van der Waals surface area contributed by atoms with Gasteiger partial charge in [0.15, 0.2) is 0 Å². The first kappa shape index (κ1) is 15.9. The molecule has 0 bridgehead atoms. The first-order chi connectivity index (χ1) is 11.5. The Bertz CT molecular complexity index is 915. The molecule has 0 spiro atoms. The molecule has 3 aromatic rings. The summed E-state index contributed by atoms with van der Waals surface area (Å²) < 4.78 is 15.8. The van der Waals surface area contributed by atoms with Gasteiger partial charge in [-0.2, -0.15) is 0 Å². The van der Waals surface area contributed by atoms with Crippen molar-refractivity contribution in [2.24, 2.45) is 0 Å². The quantitative estimate of drug-likeness (QED) is 0.785. The molecule has 0 aliphatic rings. The molecular weight excluding hydrogens is 305 g/mol. The lowest BCUT2D eigenvalue weighted by Gasteiger charge is -2.11. The standard InChI is InChI=1S/C19H18FN3O/c1-12-7-6-10-18(21-12)22-19(24)15-11-13(2)23(14(15)3)17-9-5-4-8-16(17)20/h4-11H,1-3H3,(H,21,22,24). The Labute approximate surface area is 140 Å². The molecule has 2 aromatic heterocycles. The maximum atomic E-state index is 14.1. The number of aryl methyl sites for hydroxylation is 2. The summed E-state index contributed by atoms with van der Waals surface area (Å²) in [5, 5.41) is 2.79. The van der Waals surface area contributed by atoms with Gasteiger partial charge in [0.2, 0.25) is 0 Å². The highest BCUT2D eigenvalue weighted by molar-refractivity contribution is 6.05. The molecule has 5 heteroatoms. The number of nitrogens with zero attached hydrogens (tertiary/aromatic N) is 2.